The van der Waals surface area contributed by atoms with E-state index in [1.54, 1.807) is 0 Å². The third-order valence-corrected chi connectivity index (χ3v) is 1.26. The number of aromatic carboxylic acids is 1. The van der Waals surface area contributed by atoms with Gasteiger partial charge in [-0.25, -0.2) is 4.79 Å². The van der Waals surface area contributed by atoms with Gasteiger partial charge in [-0.15, -0.1) is 0 Å². The molecule has 0 saturated carbocycles. The summed E-state index contributed by atoms with van der Waals surface area (Å²) in [6, 6.07) is 7.66. The van der Waals surface area contributed by atoms with Crippen LogP contribution in [0.1, 0.15) is 15.9 Å². The Bertz CT molecular complexity index is 308. The highest BCUT2D eigenvalue weighted by Gasteiger charge is 1.99. The standard InChI is InChI=1S/C8H5NO2/c9-5-6-1-3-7(4-2-6)8(10)11/h1-4H,(H,10,11)/i1+1,2+1,3+1,4+1,6+1,7+1. The first kappa shape index (κ1) is 7.29. The van der Waals surface area contributed by atoms with E-state index in [2.05, 4.69) is 0 Å². The number of nitriles is 1. The molecule has 3 nitrogen and oxygen atoms in total. The summed E-state index contributed by atoms with van der Waals surface area (Å²) in [5, 5.41) is 16.8. The highest BCUT2D eigenvalue weighted by atomic mass is 16.4. The zero-order valence-electron chi connectivity index (χ0n) is 5.61. The van der Waals surface area contributed by atoms with Crippen molar-refractivity contribution < 1.29 is 9.90 Å². The van der Waals surface area contributed by atoms with Gasteiger partial charge in [-0.2, -0.15) is 5.26 Å². The van der Waals surface area contributed by atoms with Crippen LogP contribution < -0.4 is 0 Å². The quantitative estimate of drug-likeness (QED) is 0.660. The van der Waals surface area contributed by atoms with E-state index in [-0.39, 0.29) is 5.56 Å². The minimum Gasteiger partial charge on any atom is -0.478 e. The second-order valence-corrected chi connectivity index (χ2v) is 1.99. The number of hydrogen-bond donors (Lipinski definition) is 1. The van der Waals surface area contributed by atoms with Gasteiger partial charge in [0, 0.05) is 0 Å². The first-order chi connectivity index (χ1) is 5.24. The molecule has 1 rings (SSSR count). The van der Waals surface area contributed by atoms with Crippen molar-refractivity contribution in [2.75, 3.05) is 0 Å². The molecule has 0 aliphatic heterocycles. The predicted octanol–water partition coefficient (Wildman–Crippen LogP) is 1.26. The molecule has 3 heteroatoms. The molecule has 0 fully saturated rings. The molecule has 0 unspecified atom stereocenters. The predicted molar refractivity (Wildman–Crippen MR) is 38.1 cm³/mol. The van der Waals surface area contributed by atoms with Crippen molar-refractivity contribution in [1.29, 1.82) is 5.26 Å². The Labute approximate surface area is 63.5 Å². The van der Waals surface area contributed by atoms with Crippen LogP contribution in [-0.2, 0) is 0 Å². The normalized spacial score (nSPS) is 8.64. The van der Waals surface area contributed by atoms with Gasteiger partial charge >= 0.3 is 5.97 Å². The van der Waals surface area contributed by atoms with Crippen LogP contribution in [-0.4, -0.2) is 11.1 Å². The van der Waals surface area contributed by atoms with Crippen LogP contribution in [0, 0.1) is 11.3 Å². The van der Waals surface area contributed by atoms with E-state index in [1.165, 1.54) is 24.3 Å². The van der Waals surface area contributed by atoms with Crippen LogP contribution in [0.4, 0.5) is 0 Å². The Balaban J connectivity index is 3.03. The summed E-state index contributed by atoms with van der Waals surface area (Å²) >= 11 is 0. The summed E-state index contributed by atoms with van der Waals surface area (Å²) in [4.78, 5) is 10.3. The number of nitrogens with zero attached hydrogens (tertiary/aromatic N) is 1. The molecule has 54 valence electrons. The van der Waals surface area contributed by atoms with Crippen molar-refractivity contribution in [1.82, 2.24) is 0 Å². The van der Waals surface area contributed by atoms with E-state index in [0.717, 1.165) is 0 Å². The van der Waals surface area contributed by atoms with Crippen molar-refractivity contribution in [3.05, 3.63) is 35.4 Å². The Kier molecular flexibility index (Phi) is 1.88. The van der Waals surface area contributed by atoms with Gasteiger partial charge in [-0.05, 0) is 24.3 Å². The SMILES string of the molecule is N#C[13c]1[13cH][13cH][13c](C(=O)O)[13cH][13cH]1. The number of carboxylic acids is 1. The number of rotatable bonds is 1. The summed E-state index contributed by atoms with van der Waals surface area (Å²) in [6.07, 6.45) is 0. The molecule has 0 bridgehead atoms. The molecule has 0 amide bonds. The third-order valence-electron chi connectivity index (χ3n) is 1.26. The lowest BCUT2D eigenvalue weighted by Crippen LogP contribution is -1.94. The highest BCUT2D eigenvalue weighted by Crippen LogP contribution is 2.02. The van der Waals surface area contributed by atoms with Crippen LogP contribution in [0.3, 0.4) is 0 Å². The van der Waals surface area contributed by atoms with E-state index >= 15 is 0 Å². The Hall–Kier alpha value is -1.82. The third kappa shape index (κ3) is 1.55. The summed E-state index contributed by atoms with van der Waals surface area (Å²) in [5.41, 5.74) is 0.666. The topological polar surface area (TPSA) is 61.1 Å². The lowest BCUT2D eigenvalue weighted by atomic mass is 10.9. The molecule has 0 atom stereocenters. The summed E-state index contributed by atoms with van der Waals surface area (Å²) in [5.74, 6) is -0.977. The first-order valence-corrected chi connectivity index (χ1v) is 2.97. The maximum atomic E-state index is 10.3. The first-order valence-electron chi connectivity index (χ1n) is 2.97. The lowest BCUT2D eigenvalue weighted by molar-refractivity contribution is 0.0697. The molecule has 0 aliphatic rings. The molecular weight excluding hydrogens is 148 g/mol. The van der Waals surface area contributed by atoms with Crippen LogP contribution in [0.25, 0.3) is 0 Å². The fourth-order valence-electron chi connectivity index (χ4n) is 0.687. The van der Waals surface area contributed by atoms with Crippen LogP contribution in [0.2, 0.25) is 0 Å². The Morgan fingerprint density at radius 3 is 2.27 bits per heavy atom. The van der Waals surface area contributed by atoms with Gasteiger partial charge in [0.2, 0.25) is 0 Å². The van der Waals surface area contributed by atoms with E-state index in [4.69, 9.17) is 10.4 Å². The maximum Gasteiger partial charge on any atom is 0.335 e. The minimum atomic E-state index is -0.977. The monoisotopic (exact) mass is 153 g/mol. The fraction of sp³-hybridized carbons (Fsp3) is 0. The van der Waals surface area contributed by atoms with Gasteiger partial charge in [0.1, 0.15) is 0 Å². The van der Waals surface area contributed by atoms with Gasteiger partial charge in [-0.1, -0.05) is 0 Å². The molecular formula is C8H5NO2. The molecule has 1 aromatic rings. The zero-order valence-corrected chi connectivity index (χ0v) is 5.61. The van der Waals surface area contributed by atoms with Gasteiger partial charge < -0.3 is 5.11 Å². The number of carboxylic acid groups (broad SMARTS) is 1. The van der Waals surface area contributed by atoms with Crippen molar-refractivity contribution in [2.24, 2.45) is 0 Å². The van der Waals surface area contributed by atoms with Crippen molar-refractivity contribution in [3.8, 4) is 6.07 Å². The zero-order chi connectivity index (χ0) is 8.27. The highest BCUT2D eigenvalue weighted by molar-refractivity contribution is 5.87. The molecule has 1 aromatic carbocycles. The summed E-state index contributed by atoms with van der Waals surface area (Å²) < 4.78 is 0. The Morgan fingerprint density at radius 1 is 1.36 bits per heavy atom. The molecule has 0 spiro atoms. The average Bonchev–Trinajstić information content (AvgIpc) is 2.05. The minimum absolute atomic E-state index is 0.198. The molecule has 0 aromatic heterocycles. The van der Waals surface area contributed by atoms with Gasteiger partial charge in [-0.3, -0.25) is 0 Å². The Morgan fingerprint density at radius 2 is 1.91 bits per heavy atom. The number of carbonyl (C=O) groups is 1. The fourth-order valence-corrected chi connectivity index (χ4v) is 0.687. The van der Waals surface area contributed by atoms with Gasteiger partial charge in [0.05, 0.1) is 17.2 Å². The smallest absolute Gasteiger partial charge is 0.335 e. The largest absolute Gasteiger partial charge is 0.478 e. The summed E-state index contributed by atoms with van der Waals surface area (Å²) in [7, 11) is 0. The van der Waals surface area contributed by atoms with E-state index in [9.17, 15) is 4.79 Å². The second-order valence-electron chi connectivity index (χ2n) is 1.99. The van der Waals surface area contributed by atoms with Crippen molar-refractivity contribution >= 4 is 5.97 Å². The molecule has 11 heavy (non-hydrogen) atoms. The van der Waals surface area contributed by atoms with Crippen LogP contribution in [0.5, 0.6) is 0 Å². The maximum absolute atomic E-state index is 10.3. The van der Waals surface area contributed by atoms with E-state index in [0.29, 0.717) is 5.56 Å². The van der Waals surface area contributed by atoms with Crippen LogP contribution >= 0.6 is 0 Å². The lowest BCUT2D eigenvalue weighted by Gasteiger charge is -1.91. The van der Waals surface area contributed by atoms with E-state index in [1.807, 2.05) is 6.07 Å². The van der Waals surface area contributed by atoms with Gasteiger partial charge in [0.25, 0.3) is 0 Å². The molecule has 0 radical (unpaired) electrons. The molecule has 0 heterocycles. The number of hydrogen-bond acceptors (Lipinski definition) is 2. The van der Waals surface area contributed by atoms with E-state index < -0.39 is 5.97 Å². The average molecular weight is 153 g/mol. The molecule has 1 N–H and O–H groups in total. The second kappa shape index (κ2) is 2.84. The van der Waals surface area contributed by atoms with Gasteiger partial charge in [0.15, 0.2) is 0 Å². The van der Waals surface area contributed by atoms with Crippen molar-refractivity contribution in [3.63, 3.8) is 0 Å². The van der Waals surface area contributed by atoms with Crippen molar-refractivity contribution in [2.45, 2.75) is 0 Å². The molecule has 0 saturated heterocycles. The summed E-state index contributed by atoms with van der Waals surface area (Å²) in [6.45, 7) is 0. The molecule has 0 aliphatic carbocycles. The number of benzene rings is 1. The van der Waals surface area contributed by atoms with Crippen LogP contribution in [0.15, 0.2) is 24.3 Å².